The number of benzene rings is 2. The van der Waals surface area contributed by atoms with E-state index in [1.807, 2.05) is 21.3 Å². The van der Waals surface area contributed by atoms with Crippen molar-refractivity contribution < 1.29 is 198 Å². The second kappa shape index (κ2) is 49.1. The average Bonchev–Trinajstić information content (AvgIpc) is 1.76. The van der Waals surface area contributed by atoms with Crippen LogP contribution in [0, 0.1) is 0 Å². The number of nitrogens with two attached hydrogens (primary N) is 3. The third-order valence-corrected chi connectivity index (χ3v) is 22.0. The van der Waals surface area contributed by atoms with Crippen LogP contribution in [0.3, 0.4) is 0 Å². The van der Waals surface area contributed by atoms with Gasteiger partial charge in [0.15, 0.2) is 35.5 Å². The van der Waals surface area contributed by atoms with Gasteiger partial charge in [-0.3, -0.25) is 76.2 Å². The van der Waals surface area contributed by atoms with Crippen LogP contribution in [0.5, 0.6) is 23.0 Å². The number of rotatable bonds is 19. The van der Waals surface area contributed by atoms with Gasteiger partial charge in [-0.15, -0.1) is 0 Å². The van der Waals surface area contributed by atoms with E-state index in [1.54, 1.807) is 0 Å². The van der Waals surface area contributed by atoms with Crippen LogP contribution in [-0.4, -0.2) is 424 Å². The number of amides is 14. The first-order chi connectivity index (χ1) is 61.0. The lowest BCUT2D eigenvalue weighted by Gasteiger charge is -2.34. The van der Waals surface area contributed by atoms with Crippen molar-refractivity contribution in [1.82, 2.24) is 67.5 Å². The smallest absolute Gasteiger partial charge is 0.446 e. The first-order valence-corrected chi connectivity index (χ1v) is 48.1. The number of likely N-dealkylation sites (N-methyl/N-ethyl adjacent to an activating group) is 1. The molecule has 61 heteroatoms. The Labute approximate surface area is 765 Å². The topological polar surface area (TPSA) is 950 Å². The van der Waals surface area contributed by atoms with Crippen molar-refractivity contribution in [3.63, 3.8) is 0 Å². The van der Waals surface area contributed by atoms with Gasteiger partial charge < -0.3 is 190 Å². The molecule has 0 bridgehead atoms. The van der Waals surface area contributed by atoms with Crippen molar-refractivity contribution in [3.8, 4) is 23.0 Å². The largest absolute Gasteiger partial charge is 0.504 e. The number of carbonyl (C=O) groups is 14. The van der Waals surface area contributed by atoms with Gasteiger partial charge in [-0.05, 0) is 69.1 Å². The number of hydrogen-bond acceptors (Lipinski definition) is 41. The Hall–Kier alpha value is -9.26. The second-order valence-electron chi connectivity index (χ2n) is 30.6. The quantitative estimate of drug-likeness (QED) is 0.0459. The summed E-state index contributed by atoms with van der Waals surface area (Å²) in [7, 11) is -8.36. The third-order valence-electron chi connectivity index (χ3n) is 21.2. The Morgan fingerprint density at radius 2 is 0.779 bits per heavy atom. The molecule has 0 spiro atoms. The van der Waals surface area contributed by atoms with E-state index >= 15 is 0 Å². The molecule has 6 saturated heterocycles. The molecule has 0 saturated carbocycles. The summed E-state index contributed by atoms with van der Waals surface area (Å²) in [5.74, 6) is -22.6. The number of carbonyl (C=O) groups excluding carboxylic acids is 14. The Bertz CT molecular complexity index is 4660. The fraction of sp³-hybridized carbons (Fsp3) is 0.629. The molecular formula is C70H106I2N16O41S2. The Morgan fingerprint density at radius 3 is 1.11 bits per heavy atom. The normalized spacial score (nSPS) is 30.5. The van der Waals surface area contributed by atoms with Gasteiger partial charge in [-0.2, -0.15) is 16.8 Å². The molecule has 36 N–H and O–H groups in total. The molecule has 0 aromatic heterocycles. The number of hydrogen-bond donors (Lipinski definition) is 33. The van der Waals surface area contributed by atoms with Gasteiger partial charge in [-0.25, -0.2) is 0 Å². The number of primary amides is 2. The molecule has 0 radical (unpaired) electrons. The maximum absolute atomic E-state index is 14.3. The molecule has 6 aliphatic rings. The summed E-state index contributed by atoms with van der Waals surface area (Å²) >= 11 is 4.24. The van der Waals surface area contributed by atoms with Gasteiger partial charge in [0.1, 0.15) is 97.0 Å². The van der Waals surface area contributed by atoms with Crippen molar-refractivity contribution in [2.45, 2.75) is 236 Å². The maximum Gasteiger partial charge on any atom is 0.446 e. The van der Waals surface area contributed by atoms with E-state index in [1.165, 1.54) is 7.05 Å². The minimum absolute atomic E-state index is 0.330. The van der Waals surface area contributed by atoms with Crippen molar-refractivity contribution in [1.29, 1.82) is 0 Å². The Morgan fingerprint density at radius 1 is 0.458 bits per heavy atom. The lowest BCUT2D eigenvalue weighted by atomic mass is 9.96. The summed E-state index contributed by atoms with van der Waals surface area (Å²) < 4.78 is 72.3. The van der Waals surface area contributed by atoms with E-state index in [4.69, 9.17) is 31.4 Å². The Balaban J connectivity index is 0.000000447. The van der Waals surface area contributed by atoms with Crippen LogP contribution < -0.4 is 73.4 Å². The van der Waals surface area contributed by atoms with Gasteiger partial charge in [0.05, 0.1) is 73.8 Å². The molecule has 0 aliphatic carbocycles. The number of phenolic OH excluding ortho intramolecular Hbond substituents is 2. The lowest BCUT2D eigenvalue weighted by molar-refractivity contribution is -0.149. The zero-order valence-electron chi connectivity index (χ0n) is 69.3. The van der Waals surface area contributed by atoms with Crippen molar-refractivity contribution >= 4 is 141 Å². The first kappa shape index (κ1) is 112. The molecule has 2 aromatic rings. The summed E-state index contributed by atoms with van der Waals surface area (Å²) in [6.07, 6.45) is -38.4. The molecule has 2 aromatic carbocycles. The van der Waals surface area contributed by atoms with Gasteiger partial charge in [-0.1, -0.05) is 12.1 Å². The molecule has 738 valence electrons. The van der Waals surface area contributed by atoms with Gasteiger partial charge in [0, 0.05) is 96.2 Å². The standard InChI is InChI=1S/C35H52N8O20S.C34H50N8O20S.CH4O.I2/c1-12(44)23-34(58)43-11-14(45)8-16(43)30(54)40-25(28(52)27(51)13-3-4-17(46)21(7-13)63-64(60,61)62)32(56)39-24(19(48)10-22(36)50)35(59)42-6-5-18(47)26(42)33(57)41-31(55)20(49)9-15(37-2)29(53)38-23;1-11(43)22-33(57)42-10-13(44)7-15(42)29(53)39-24(27(51)26(50)12-2-3-16(45)20(6-12)62-63(59,60)61)31(55)38-23(18(47)9-21(36)49)34(58)41-5-4-17(46)25(41)32(56)40-30(54)19(48)8-14(35)28(52)37-22;2*1-2/h3-4,7,12,14-16,18-20,23-28,31,37,44-49,51-52,55H,5-6,8-11H2,1-2H3,(H2,36,50)(H,38,53)(H,39,56)(H,40,54)(H,41,57)(H,60,61,62);2-3,6,11,13-15,17-19,22-27,30,43-48,50-51,54H,4-5,7-10,35H2,1H3,(H2,36,49)(H,37,52)(H,38,55)(H,39,53)(H,40,56)(H,59,60,61);2H,1H3;. The highest BCUT2D eigenvalue weighted by Gasteiger charge is 2.53. The fourth-order valence-corrected chi connectivity index (χ4v) is 15.3. The number of phenols is 2. The molecule has 8 rings (SSSR count). The second-order valence-corrected chi connectivity index (χ2v) is 32.7. The number of aromatic hydroxyl groups is 2. The van der Waals surface area contributed by atoms with E-state index in [0.29, 0.717) is 31.7 Å². The maximum atomic E-state index is 14.3. The zero-order valence-corrected chi connectivity index (χ0v) is 75.2. The van der Waals surface area contributed by atoms with Crippen LogP contribution in [0.2, 0.25) is 0 Å². The molecule has 131 heavy (non-hydrogen) atoms. The summed E-state index contributed by atoms with van der Waals surface area (Å²) in [5.41, 5.74) is 15.3. The van der Waals surface area contributed by atoms with Crippen LogP contribution in [0.1, 0.15) is 88.5 Å². The lowest BCUT2D eigenvalue weighted by Crippen LogP contribution is -2.64. The van der Waals surface area contributed by atoms with E-state index in [-0.39, 0.29) is 12.8 Å². The predicted molar refractivity (Wildman–Crippen MR) is 448 cm³/mol. The third kappa shape index (κ3) is 29.9. The molecule has 14 amide bonds. The van der Waals surface area contributed by atoms with Crippen LogP contribution in [-0.2, 0) is 87.9 Å². The van der Waals surface area contributed by atoms with Crippen molar-refractivity contribution in [2.24, 2.45) is 17.2 Å². The number of aliphatic hydroxyl groups is 17. The average molecular weight is 2150 g/mol. The zero-order chi connectivity index (χ0) is 99.5. The van der Waals surface area contributed by atoms with Crippen LogP contribution in [0.15, 0.2) is 36.4 Å². The number of nitrogens with zero attached hydrogens (tertiary/aromatic N) is 4. The van der Waals surface area contributed by atoms with E-state index in [9.17, 15) is 176 Å². The van der Waals surface area contributed by atoms with Crippen LogP contribution >= 0.6 is 37.2 Å². The summed E-state index contributed by atoms with van der Waals surface area (Å²) in [6.45, 7) is -0.120. The molecule has 28 atom stereocenters. The molecule has 57 nitrogen and oxygen atoms in total. The van der Waals surface area contributed by atoms with Gasteiger partial charge in [0.2, 0.25) is 82.7 Å². The number of nitrogens with one attached hydrogen (secondary N) is 9. The highest BCUT2D eigenvalue weighted by molar-refractivity contribution is 15.0. The molecular weight excluding hydrogens is 2040 g/mol. The molecule has 6 heterocycles. The number of fused-ring (bicyclic) bond motifs is 4. The van der Waals surface area contributed by atoms with Crippen LogP contribution in [0.4, 0.5) is 0 Å². The number of halogens is 2. The van der Waals surface area contributed by atoms with E-state index < -0.39 is 373 Å². The highest BCUT2D eigenvalue weighted by atomic mass is 128. The van der Waals surface area contributed by atoms with Crippen LogP contribution in [0.25, 0.3) is 0 Å². The number of aliphatic hydroxyl groups excluding tert-OH is 17. The summed E-state index contributed by atoms with van der Waals surface area (Å²) in [6, 6.07) is -19.9. The molecule has 6 fully saturated rings. The van der Waals surface area contributed by atoms with Crippen molar-refractivity contribution in [2.75, 3.05) is 40.3 Å². The first-order valence-electron chi connectivity index (χ1n) is 39.1. The monoisotopic (exact) mass is 2140 g/mol. The molecule has 6 aliphatic heterocycles. The summed E-state index contributed by atoms with van der Waals surface area (Å²) in [4.78, 5) is 193. The minimum Gasteiger partial charge on any atom is -0.504 e. The van der Waals surface area contributed by atoms with Gasteiger partial charge in [0.25, 0.3) is 0 Å². The molecule has 28 unspecified atom stereocenters. The fourth-order valence-electron chi connectivity index (χ4n) is 14.6. The van der Waals surface area contributed by atoms with Gasteiger partial charge >= 0.3 is 20.8 Å². The van der Waals surface area contributed by atoms with E-state index in [0.717, 1.165) is 45.2 Å². The van der Waals surface area contributed by atoms with Crippen molar-refractivity contribution in [3.05, 3.63) is 47.5 Å². The highest BCUT2D eigenvalue weighted by Crippen LogP contribution is 2.36. The minimum atomic E-state index is -5.30. The van der Waals surface area contributed by atoms with E-state index in [2.05, 4.69) is 72.2 Å². The predicted octanol–water partition coefficient (Wildman–Crippen LogP) is -17.4. The SMILES string of the molecule is CC(O)C1NC(=O)C(N)CC(O)C(O)NC(=O)C2C(O)CCN2C(=O)C(C(O)CC(N)=O)NC(=O)C(C(O)C(O)c2ccc(O)c(OS(=O)(=O)O)c2)NC(=O)C2CC(O)CN2C1=O.CNC1CC(O)C(O)NC(=O)C2C(O)CCN2C(=O)C(C(O)CC(N)=O)NC(=O)C(C(O)C(O)c2ccc(O)c(OS(=O)(=O)O)c2)NC(=O)C2CC(O)CN2C(=O)C(C(C)O)NC1=O.CO.II. The Kier molecular flexibility index (Phi) is 42.1. The summed E-state index contributed by atoms with van der Waals surface area (Å²) in [5, 5.41) is 221.